The van der Waals surface area contributed by atoms with Gasteiger partial charge < -0.3 is 14.6 Å². The van der Waals surface area contributed by atoms with Gasteiger partial charge >= 0.3 is 5.97 Å². The first-order valence-corrected chi connectivity index (χ1v) is 6.68. The minimum Gasteiger partial charge on any atom is -0.490 e. The molecule has 0 aromatic heterocycles. The van der Waals surface area contributed by atoms with Crippen molar-refractivity contribution >= 4 is 21.9 Å². The predicted molar refractivity (Wildman–Crippen MR) is 70.3 cm³/mol. The SMILES string of the molecule is CC(Cc1cc2c(cc1Br)OCCCO2)C(=O)O. The van der Waals surface area contributed by atoms with Crippen molar-refractivity contribution in [2.24, 2.45) is 5.92 Å². The van der Waals surface area contributed by atoms with Gasteiger partial charge in [-0.3, -0.25) is 4.79 Å². The van der Waals surface area contributed by atoms with Gasteiger partial charge in [-0.1, -0.05) is 22.9 Å². The summed E-state index contributed by atoms with van der Waals surface area (Å²) in [4.78, 5) is 10.9. The third-order valence-electron chi connectivity index (χ3n) is 2.86. The van der Waals surface area contributed by atoms with Gasteiger partial charge in [-0.05, 0) is 24.1 Å². The normalized spacial score (nSPS) is 15.9. The average molecular weight is 315 g/mol. The molecule has 0 radical (unpaired) electrons. The van der Waals surface area contributed by atoms with Crippen LogP contribution in [0.3, 0.4) is 0 Å². The van der Waals surface area contributed by atoms with Crippen LogP contribution in [0.5, 0.6) is 11.5 Å². The molecule has 1 aromatic carbocycles. The van der Waals surface area contributed by atoms with E-state index in [0.717, 1.165) is 16.5 Å². The standard InChI is InChI=1S/C13H15BrO4/c1-8(13(15)16)5-9-6-11-12(7-10(9)14)18-4-2-3-17-11/h6-8H,2-5H2,1H3,(H,15,16). The van der Waals surface area contributed by atoms with Crippen LogP contribution in [-0.2, 0) is 11.2 Å². The monoisotopic (exact) mass is 314 g/mol. The number of rotatable bonds is 3. The molecular formula is C13H15BrO4. The molecule has 18 heavy (non-hydrogen) atoms. The van der Waals surface area contributed by atoms with Crippen molar-refractivity contribution in [2.75, 3.05) is 13.2 Å². The Morgan fingerprint density at radius 3 is 2.61 bits per heavy atom. The van der Waals surface area contributed by atoms with E-state index in [0.29, 0.717) is 31.1 Å². The Morgan fingerprint density at radius 1 is 1.39 bits per heavy atom. The summed E-state index contributed by atoms with van der Waals surface area (Å²) in [6.45, 7) is 2.96. The summed E-state index contributed by atoms with van der Waals surface area (Å²) >= 11 is 3.45. The molecule has 0 fully saturated rings. The van der Waals surface area contributed by atoms with Crippen LogP contribution in [0.1, 0.15) is 18.9 Å². The summed E-state index contributed by atoms with van der Waals surface area (Å²) in [5.74, 6) is 0.189. The second-order valence-corrected chi connectivity index (χ2v) is 5.24. The van der Waals surface area contributed by atoms with Gasteiger partial charge in [-0.15, -0.1) is 0 Å². The third-order valence-corrected chi connectivity index (χ3v) is 3.60. The molecule has 0 bridgehead atoms. The summed E-state index contributed by atoms with van der Waals surface area (Å²) in [7, 11) is 0. The van der Waals surface area contributed by atoms with Crippen molar-refractivity contribution < 1.29 is 19.4 Å². The number of hydrogen-bond donors (Lipinski definition) is 1. The molecule has 1 heterocycles. The van der Waals surface area contributed by atoms with Crippen molar-refractivity contribution in [1.82, 2.24) is 0 Å². The van der Waals surface area contributed by atoms with Crippen LogP contribution in [0.2, 0.25) is 0 Å². The van der Waals surface area contributed by atoms with E-state index in [1.54, 1.807) is 6.92 Å². The second-order valence-electron chi connectivity index (χ2n) is 4.38. The number of carbonyl (C=O) groups is 1. The lowest BCUT2D eigenvalue weighted by atomic mass is 10.0. The number of halogens is 1. The van der Waals surface area contributed by atoms with Crippen molar-refractivity contribution in [3.05, 3.63) is 22.2 Å². The van der Waals surface area contributed by atoms with E-state index in [-0.39, 0.29) is 0 Å². The van der Waals surface area contributed by atoms with E-state index >= 15 is 0 Å². The molecule has 1 aliphatic heterocycles. The number of aliphatic carboxylic acids is 1. The van der Waals surface area contributed by atoms with E-state index in [1.165, 1.54) is 0 Å². The lowest BCUT2D eigenvalue weighted by Crippen LogP contribution is -2.12. The van der Waals surface area contributed by atoms with Crippen LogP contribution in [0, 0.1) is 5.92 Å². The molecule has 1 unspecified atom stereocenters. The smallest absolute Gasteiger partial charge is 0.306 e. The molecule has 2 rings (SSSR count). The fourth-order valence-corrected chi connectivity index (χ4v) is 2.28. The summed E-state index contributed by atoms with van der Waals surface area (Å²) in [6, 6.07) is 3.72. The Morgan fingerprint density at radius 2 is 2.00 bits per heavy atom. The number of carboxylic acids is 1. The first-order valence-electron chi connectivity index (χ1n) is 5.88. The molecular weight excluding hydrogens is 300 g/mol. The molecule has 0 amide bonds. The zero-order valence-electron chi connectivity index (χ0n) is 10.1. The molecule has 0 spiro atoms. The summed E-state index contributed by atoms with van der Waals surface area (Å²) in [5, 5.41) is 8.95. The van der Waals surface area contributed by atoms with Gasteiger partial charge in [0.1, 0.15) is 0 Å². The van der Waals surface area contributed by atoms with Crippen molar-refractivity contribution in [2.45, 2.75) is 19.8 Å². The highest BCUT2D eigenvalue weighted by molar-refractivity contribution is 9.10. The zero-order valence-corrected chi connectivity index (χ0v) is 11.7. The van der Waals surface area contributed by atoms with Gasteiger partial charge in [0.05, 0.1) is 19.1 Å². The van der Waals surface area contributed by atoms with Gasteiger partial charge in [0.2, 0.25) is 0 Å². The molecule has 5 heteroatoms. The number of ether oxygens (including phenoxy) is 2. The lowest BCUT2D eigenvalue weighted by Gasteiger charge is -2.13. The molecule has 4 nitrogen and oxygen atoms in total. The predicted octanol–water partition coefficient (Wildman–Crippen LogP) is 2.87. The second kappa shape index (κ2) is 5.61. The van der Waals surface area contributed by atoms with Gasteiger partial charge in [-0.25, -0.2) is 0 Å². The zero-order chi connectivity index (χ0) is 13.1. The lowest BCUT2D eigenvalue weighted by molar-refractivity contribution is -0.141. The number of carboxylic acid groups (broad SMARTS) is 1. The fourth-order valence-electron chi connectivity index (χ4n) is 1.80. The first-order chi connectivity index (χ1) is 8.58. The largest absolute Gasteiger partial charge is 0.490 e. The van der Waals surface area contributed by atoms with Crippen LogP contribution in [0.25, 0.3) is 0 Å². The van der Waals surface area contributed by atoms with Gasteiger partial charge in [0.15, 0.2) is 11.5 Å². The minimum atomic E-state index is -0.797. The van der Waals surface area contributed by atoms with E-state index < -0.39 is 11.9 Å². The molecule has 1 aromatic rings. The average Bonchev–Trinajstić information content (AvgIpc) is 2.54. The van der Waals surface area contributed by atoms with E-state index in [4.69, 9.17) is 14.6 Å². The molecule has 1 atom stereocenters. The van der Waals surface area contributed by atoms with Crippen LogP contribution < -0.4 is 9.47 Å². The maximum absolute atomic E-state index is 10.9. The van der Waals surface area contributed by atoms with E-state index in [2.05, 4.69) is 15.9 Å². The van der Waals surface area contributed by atoms with Crippen molar-refractivity contribution in [3.63, 3.8) is 0 Å². The molecule has 0 saturated carbocycles. The third kappa shape index (κ3) is 2.96. The highest BCUT2D eigenvalue weighted by Gasteiger charge is 2.18. The molecule has 1 aliphatic rings. The molecule has 0 aliphatic carbocycles. The molecule has 98 valence electrons. The fraction of sp³-hybridized carbons (Fsp3) is 0.462. The summed E-state index contributed by atoms with van der Waals surface area (Å²) < 4.78 is 12.0. The first kappa shape index (κ1) is 13.2. The molecule has 0 saturated heterocycles. The van der Waals surface area contributed by atoms with Crippen LogP contribution in [-0.4, -0.2) is 24.3 Å². The quantitative estimate of drug-likeness (QED) is 0.932. The Bertz CT molecular complexity index is 459. The Balaban J connectivity index is 2.26. The summed E-state index contributed by atoms with van der Waals surface area (Å²) in [5.41, 5.74) is 0.925. The minimum absolute atomic E-state index is 0.425. The topological polar surface area (TPSA) is 55.8 Å². The maximum Gasteiger partial charge on any atom is 0.306 e. The van der Waals surface area contributed by atoms with Crippen LogP contribution in [0.15, 0.2) is 16.6 Å². The molecule has 1 N–H and O–H groups in total. The van der Waals surface area contributed by atoms with E-state index in [9.17, 15) is 4.79 Å². The van der Waals surface area contributed by atoms with Gasteiger partial charge in [-0.2, -0.15) is 0 Å². The number of fused-ring (bicyclic) bond motifs is 1. The number of benzene rings is 1. The van der Waals surface area contributed by atoms with Gasteiger partial charge in [0, 0.05) is 10.9 Å². The summed E-state index contributed by atoms with van der Waals surface area (Å²) in [6.07, 6.45) is 1.32. The highest BCUT2D eigenvalue weighted by Crippen LogP contribution is 2.36. The Labute approximate surface area is 114 Å². The Kier molecular flexibility index (Phi) is 4.11. The maximum atomic E-state index is 10.9. The Hall–Kier alpha value is -1.23. The van der Waals surface area contributed by atoms with Gasteiger partial charge in [0.25, 0.3) is 0 Å². The van der Waals surface area contributed by atoms with Crippen LogP contribution in [0.4, 0.5) is 0 Å². The van der Waals surface area contributed by atoms with Crippen molar-refractivity contribution in [1.29, 1.82) is 0 Å². The highest BCUT2D eigenvalue weighted by atomic mass is 79.9. The van der Waals surface area contributed by atoms with E-state index in [1.807, 2.05) is 12.1 Å². The van der Waals surface area contributed by atoms with Crippen molar-refractivity contribution in [3.8, 4) is 11.5 Å². The van der Waals surface area contributed by atoms with Crippen LogP contribution >= 0.6 is 15.9 Å². The number of hydrogen-bond acceptors (Lipinski definition) is 3.